The highest BCUT2D eigenvalue weighted by Crippen LogP contribution is 2.15. The van der Waals surface area contributed by atoms with Gasteiger partial charge in [0.25, 0.3) is 5.91 Å². The van der Waals surface area contributed by atoms with Crippen molar-refractivity contribution in [1.82, 2.24) is 20.9 Å². The van der Waals surface area contributed by atoms with Gasteiger partial charge in [-0.3, -0.25) is 14.4 Å². The largest absolute Gasteiger partial charge is 0.497 e. The molecule has 0 fully saturated rings. The quantitative estimate of drug-likeness (QED) is 0.176. The summed E-state index contributed by atoms with van der Waals surface area (Å²) in [5.74, 6) is -2.86. The van der Waals surface area contributed by atoms with E-state index in [0.717, 1.165) is 17.8 Å². The minimum absolute atomic E-state index is 0.0602. The maximum absolute atomic E-state index is 13.6. The zero-order valence-electron chi connectivity index (χ0n) is 24.4. The van der Waals surface area contributed by atoms with Crippen molar-refractivity contribution in [1.29, 1.82) is 0 Å². The Labute approximate surface area is 250 Å². The van der Waals surface area contributed by atoms with Crippen molar-refractivity contribution in [3.8, 4) is 11.5 Å². The average Bonchev–Trinajstić information content (AvgIpc) is 2.99. The molecule has 0 aliphatic rings. The van der Waals surface area contributed by atoms with Crippen LogP contribution in [-0.4, -0.2) is 72.1 Å². The van der Waals surface area contributed by atoms with E-state index in [9.17, 15) is 28.8 Å². The number of benzene rings is 2. The molecule has 2 aromatic carbocycles. The first-order chi connectivity index (χ1) is 20.5. The molecule has 0 radical (unpaired) electrons. The number of methoxy groups -OCH3 is 2. The van der Waals surface area contributed by atoms with Crippen LogP contribution in [0, 0.1) is 11.7 Å². The van der Waals surface area contributed by atoms with Crippen molar-refractivity contribution in [2.75, 3.05) is 14.2 Å². The summed E-state index contributed by atoms with van der Waals surface area (Å²) in [4.78, 5) is 43.6. The van der Waals surface area contributed by atoms with Gasteiger partial charge >= 0.3 is 7.12 Å². The van der Waals surface area contributed by atoms with Crippen molar-refractivity contribution in [2.45, 2.75) is 44.7 Å². The minimum atomic E-state index is -1.88. The van der Waals surface area contributed by atoms with E-state index in [4.69, 9.17) is 9.47 Å². The van der Waals surface area contributed by atoms with Crippen molar-refractivity contribution in [3.63, 3.8) is 0 Å². The van der Waals surface area contributed by atoms with E-state index in [1.165, 1.54) is 20.3 Å². The summed E-state index contributed by atoms with van der Waals surface area (Å²) < 4.78 is 23.7. The Bertz CT molecular complexity index is 1360. The maximum atomic E-state index is 13.6. The molecule has 0 spiro atoms. The van der Waals surface area contributed by atoms with Crippen LogP contribution < -0.4 is 25.4 Å². The number of hydrogen-bond donors (Lipinski definition) is 5. The van der Waals surface area contributed by atoms with Crippen molar-refractivity contribution in [3.05, 3.63) is 89.5 Å². The van der Waals surface area contributed by atoms with Gasteiger partial charge in [0, 0.05) is 6.42 Å². The molecule has 3 amide bonds. The Hall–Kier alpha value is -4.49. The van der Waals surface area contributed by atoms with E-state index in [1.54, 1.807) is 62.4 Å². The van der Waals surface area contributed by atoms with Gasteiger partial charge in [0.2, 0.25) is 11.8 Å². The topological polar surface area (TPSA) is 159 Å². The third-order valence-corrected chi connectivity index (χ3v) is 6.73. The molecule has 0 bridgehead atoms. The fraction of sp³-hybridized carbons (Fsp3) is 0.333. The van der Waals surface area contributed by atoms with Gasteiger partial charge in [-0.15, -0.1) is 0 Å². The predicted molar refractivity (Wildman–Crippen MR) is 158 cm³/mol. The highest BCUT2D eigenvalue weighted by atomic mass is 19.1. The van der Waals surface area contributed by atoms with Crippen molar-refractivity contribution >= 4 is 24.8 Å². The monoisotopic (exact) mass is 594 g/mol. The summed E-state index contributed by atoms with van der Waals surface area (Å²) in [5, 5.41) is 27.9. The van der Waals surface area contributed by atoms with E-state index in [2.05, 4.69) is 20.9 Å². The van der Waals surface area contributed by atoms with E-state index < -0.39 is 54.6 Å². The zero-order chi connectivity index (χ0) is 31.5. The number of ether oxygens (including phenoxy) is 2. The van der Waals surface area contributed by atoms with Gasteiger partial charge < -0.3 is 35.5 Å². The summed E-state index contributed by atoms with van der Waals surface area (Å²) in [6.07, 6.45) is 1.06. The average molecular weight is 594 g/mol. The van der Waals surface area contributed by atoms with Crippen molar-refractivity contribution in [2.24, 2.45) is 5.92 Å². The third-order valence-electron chi connectivity index (χ3n) is 6.73. The molecule has 5 N–H and O–H groups in total. The van der Waals surface area contributed by atoms with Gasteiger partial charge in [-0.2, -0.15) is 0 Å². The van der Waals surface area contributed by atoms with Gasteiger partial charge in [0.15, 0.2) is 0 Å². The Morgan fingerprint density at radius 3 is 1.84 bits per heavy atom. The second-order valence-electron chi connectivity index (χ2n) is 10.3. The number of halogens is 1. The number of aromatic nitrogens is 1. The molecule has 1 heterocycles. The number of amides is 3. The fourth-order valence-electron chi connectivity index (χ4n) is 4.26. The molecule has 0 unspecified atom stereocenters. The molecule has 228 valence electrons. The zero-order valence-corrected chi connectivity index (χ0v) is 24.4. The Morgan fingerprint density at radius 1 is 0.814 bits per heavy atom. The molecule has 3 aromatic rings. The molecule has 0 saturated carbocycles. The predicted octanol–water partition coefficient (Wildman–Crippen LogP) is 1.46. The highest BCUT2D eigenvalue weighted by molar-refractivity contribution is 6.43. The second kappa shape index (κ2) is 15.7. The summed E-state index contributed by atoms with van der Waals surface area (Å²) in [6, 6.07) is 13.9. The summed E-state index contributed by atoms with van der Waals surface area (Å²) in [5.41, 5.74) is 1.33. The lowest BCUT2D eigenvalue weighted by atomic mass is 9.75. The lowest BCUT2D eigenvalue weighted by Crippen LogP contribution is -2.59. The van der Waals surface area contributed by atoms with Crippen LogP contribution in [-0.2, 0) is 22.4 Å². The first-order valence-electron chi connectivity index (χ1n) is 13.7. The van der Waals surface area contributed by atoms with E-state index in [0.29, 0.717) is 17.1 Å². The normalized spacial score (nSPS) is 12.9. The Kier molecular flexibility index (Phi) is 12.0. The van der Waals surface area contributed by atoms with Crippen LogP contribution in [0.1, 0.15) is 35.5 Å². The lowest BCUT2D eigenvalue weighted by Gasteiger charge is -2.27. The van der Waals surface area contributed by atoms with E-state index >= 15 is 0 Å². The van der Waals surface area contributed by atoms with Gasteiger partial charge in [0.1, 0.15) is 35.1 Å². The third kappa shape index (κ3) is 9.79. The van der Waals surface area contributed by atoms with Gasteiger partial charge in [0.05, 0.1) is 26.4 Å². The Morgan fingerprint density at radius 2 is 1.37 bits per heavy atom. The molecule has 0 aliphatic carbocycles. The Balaban J connectivity index is 1.78. The van der Waals surface area contributed by atoms with Gasteiger partial charge in [-0.25, -0.2) is 9.37 Å². The van der Waals surface area contributed by atoms with E-state index in [-0.39, 0.29) is 18.5 Å². The number of carbonyl (C=O) groups is 3. The minimum Gasteiger partial charge on any atom is -0.497 e. The number of nitrogens with one attached hydrogen (secondary N) is 3. The number of nitrogens with zero attached hydrogens (tertiary/aromatic N) is 1. The molecule has 1 aromatic heterocycles. The molecule has 3 rings (SSSR count). The van der Waals surface area contributed by atoms with Crippen LogP contribution in [0.2, 0.25) is 0 Å². The van der Waals surface area contributed by atoms with Crippen LogP contribution in [0.15, 0.2) is 66.9 Å². The van der Waals surface area contributed by atoms with Gasteiger partial charge in [-0.05, 0) is 59.9 Å². The molecule has 13 heteroatoms. The second-order valence-corrected chi connectivity index (χ2v) is 10.3. The first-order valence-corrected chi connectivity index (χ1v) is 13.7. The van der Waals surface area contributed by atoms with Crippen LogP contribution in [0.4, 0.5) is 4.39 Å². The number of rotatable bonds is 14. The first kappa shape index (κ1) is 33.0. The van der Waals surface area contributed by atoms with Crippen molar-refractivity contribution < 1.29 is 38.3 Å². The highest BCUT2D eigenvalue weighted by Gasteiger charge is 2.33. The molecule has 3 atom stereocenters. The number of hydrogen-bond acceptors (Lipinski definition) is 8. The molecular weight excluding hydrogens is 558 g/mol. The summed E-state index contributed by atoms with van der Waals surface area (Å²) in [7, 11) is 1.18. The number of carbonyl (C=O) groups excluding carboxylic acids is 3. The van der Waals surface area contributed by atoms with Crippen LogP contribution >= 0.6 is 0 Å². The standard InChI is InChI=1S/C30H36BFN4O7/c1-18(2)27(30(39)35-26(31(40)41)16-20-7-12-23(43-4)13-8-20)36-29(38)25(15-19-5-10-22(42-3)11-6-19)34-28(37)24-14-9-21(32)17-33-24/h5-14,17-18,25-27,40-41H,15-16H2,1-4H3,(H,34,37)(H,35,39)(H,36,38)/t25-,26-,27-/m0/s1. The maximum Gasteiger partial charge on any atom is 0.475 e. The number of pyridine rings is 1. The van der Waals surface area contributed by atoms with Crippen LogP contribution in [0.25, 0.3) is 0 Å². The summed E-state index contributed by atoms with van der Waals surface area (Å²) in [6.45, 7) is 3.44. The molecule has 0 aliphatic heterocycles. The smallest absolute Gasteiger partial charge is 0.475 e. The van der Waals surface area contributed by atoms with Crippen LogP contribution in [0.5, 0.6) is 11.5 Å². The molecular formula is C30H36BFN4O7. The van der Waals surface area contributed by atoms with Gasteiger partial charge in [-0.1, -0.05) is 38.1 Å². The molecule has 0 saturated heterocycles. The lowest BCUT2D eigenvalue weighted by molar-refractivity contribution is -0.131. The fourth-order valence-corrected chi connectivity index (χ4v) is 4.26. The SMILES string of the molecule is COc1ccc(C[C@H](NC(=O)[C@@H](NC(=O)[C@H](Cc2ccc(OC)cc2)NC(=O)c2ccc(F)cn2)C(C)C)B(O)O)cc1. The van der Waals surface area contributed by atoms with Crippen LogP contribution in [0.3, 0.4) is 0 Å². The summed E-state index contributed by atoms with van der Waals surface area (Å²) >= 11 is 0. The molecule has 43 heavy (non-hydrogen) atoms. The molecule has 11 nitrogen and oxygen atoms in total. The van der Waals surface area contributed by atoms with E-state index in [1.807, 2.05) is 0 Å².